The van der Waals surface area contributed by atoms with E-state index >= 15 is 0 Å². The number of aromatic hydroxyl groups is 1. The third-order valence-electron chi connectivity index (χ3n) is 3.95. The molecule has 110 valence electrons. The van der Waals surface area contributed by atoms with E-state index in [1.54, 1.807) is 23.5 Å². The largest absolute Gasteiger partial charge is 0.506 e. The van der Waals surface area contributed by atoms with Crippen LogP contribution in [0.5, 0.6) is 5.75 Å². The van der Waals surface area contributed by atoms with Crippen molar-refractivity contribution in [3.63, 3.8) is 0 Å². The van der Waals surface area contributed by atoms with Gasteiger partial charge in [-0.2, -0.15) is 0 Å². The van der Waals surface area contributed by atoms with Gasteiger partial charge in [-0.05, 0) is 61.4 Å². The number of benzene rings is 1. The first-order valence-electron chi connectivity index (χ1n) is 7.25. The summed E-state index contributed by atoms with van der Waals surface area (Å²) in [4.78, 5) is 14.4. The molecule has 0 bridgehead atoms. The van der Waals surface area contributed by atoms with Gasteiger partial charge in [-0.15, -0.1) is 11.3 Å². The highest BCUT2D eigenvalue weighted by Crippen LogP contribution is 2.33. The summed E-state index contributed by atoms with van der Waals surface area (Å²) in [5, 5.41) is 12.7. The molecule has 4 heteroatoms. The Balaban J connectivity index is 1.79. The fraction of sp³-hybridized carbons (Fsp3) is 0.353. The van der Waals surface area contributed by atoms with Crippen LogP contribution in [-0.4, -0.2) is 11.0 Å². The third-order valence-corrected chi connectivity index (χ3v) is 5.19. The number of carbonyl (C=O) groups is 1. The van der Waals surface area contributed by atoms with E-state index in [-0.39, 0.29) is 11.7 Å². The predicted molar refractivity (Wildman–Crippen MR) is 86.3 cm³/mol. The molecule has 0 saturated heterocycles. The molecule has 0 radical (unpaired) electrons. The minimum atomic E-state index is -0.138. The Kier molecular flexibility index (Phi) is 3.72. The number of hydrogen-bond acceptors (Lipinski definition) is 3. The summed E-state index contributed by atoms with van der Waals surface area (Å²) in [5.74, 6) is 0.670. The topological polar surface area (TPSA) is 49.3 Å². The lowest BCUT2D eigenvalue weighted by Gasteiger charge is -2.16. The van der Waals surface area contributed by atoms with E-state index in [1.807, 2.05) is 19.1 Å². The molecular formula is C17H19NO2S. The van der Waals surface area contributed by atoms with E-state index in [0.717, 1.165) is 23.3 Å². The molecule has 1 atom stereocenters. The quantitative estimate of drug-likeness (QED) is 0.819. The van der Waals surface area contributed by atoms with Crippen LogP contribution in [0.3, 0.4) is 0 Å². The maximum absolute atomic E-state index is 12.3. The Hall–Kier alpha value is -1.81. The predicted octanol–water partition coefficient (Wildman–Crippen LogP) is 4.14. The highest BCUT2D eigenvalue weighted by molar-refractivity contribution is 7.14. The summed E-state index contributed by atoms with van der Waals surface area (Å²) in [6, 6.07) is 7.27. The maximum atomic E-state index is 12.3. The van der Waals surface area contributed by atoms with Crippen LogP contribution < -0.4 is 5.32 Å². The summed E-state index contributed by atoms with van der Waals surface area (Å²) in [7, 11) is 0. The molecule has 0 fully saturated rings. The van der Waals surface area contributed by atoms with Gasteiger partial charge in [0.15, 0.2) is 0 Å². The number of rotatable bonds is 2. The van der Waals surface area contributed by atoms with Gasteiger partial charge in [-0.25, -0.2) is 0 Å². The first-order valence-corrected chi connectivity index (χ1v) is 8.07. The van der Waals surface area contributed by atoms with Crippen molar-refractivity contribution in [3.05, 3.63) is 45.1 Å². The van der Waals surface area contributed by atoms with Crippen molar-refractivity contribution in [1.82, 2.24) is 0 Å². The lowest BCUT2D eigenvalue weighted by atomic mass is 9.90. The number of carbonyl (C=O) groups excluding carboxylic acids is 1. The van der Waals surface area contributed by atoms with Crippen molar-refractivity contribution in [1.29, 1.82) is 0 Å². The van der Waals surface area contributed by atoms with E-state index in [4.69, 9.17) is 0 Å². The molecule has 1 heterocycles. The Bertz CT molecular complexity index is 690. The molecule has 2 aromatic rings. The van der Waals surface area contributed by atoms with Gasteiger partial charge in [0, 0.05) is 4.88 Å². The third kappa shape index (κ3) is 2.95. The van der Waals surface area contributed by atoms with Gasteiger partial charge in [-0.1, -0.05) is 13.0 Å². The average molecular weight is 301 g/mol. The normalized spacial score (nSPS) is 17.3. The Morgan fingerprint density at radius 2 is 2.19 bits per heavy atom. The van der Waals surface area contributed by atoms with Crippen molar-refractivity contribution in [2.45, 2.75) is 33.1 Å². The second-order valence-electron chi connectivity index (χ2n) is 5.88. The van der Waals surface area contributed by atoms with Crippen LogP contribution in [0.1, 0.15) is 39.0 Å². The molecular weight excluding hydrogens is 282 g/mol. The number of amides is 1. The van der Waals surface area contributed by atoms with Crippen LogP contribution in [0.4, 0.5) is 5.69 Å². The fourth-order valence-electron chi connectivity index (χ4n) is 2.75. The van der Waals surface area contributed by atoms with Crippen molar-refractivity contribution in [3.8, 4) is 5.75 Å². The van der Waals surface area contributed by atoms with E-state index in [0.29, 0.717) is 11.6 Å². The van der Waals surface area contributed by atoms with Gasteiger partial charge >= 0.3 is 0 Å². The van der Waals surface area contributed by atoms with Crippen molar-refractivity contribution < 1.29 is 9.90 Å². The fourth-order valence-corrected chi connectivity index (χ4v) is 3.85. The standard InChI is InChI=1S/C17H19NO2S/c1-10-4-6-15-12(7-10)9-16(21-15)17(20)18-13-5-3-11(2)8-14(13)19/h3,5,8-10,19H,4,6-7H2,1-2H3,(H,18,20)/t10-/m0/s1. The zero-order valence-electron chi connectivity index (χ0n) is 12.3. The smallest absolute Gasteiger partial charge is 0.265 e. The molecule has 21 heavy (non-hydrogen) atoms. The van der Waals surface area contributed by atoms with Crippen LogP contribution in [0, 0.1) is 12.8 Å². The summed E-state index contributed by atoms with van der Waals surface area (Å²) < 4.78 is 0. The highest BCUT2D eigenvalue weighted by atomic mass is 32.1. The Morgan fingerprint density at radius 3 is 2.95 bits per heavy atom. The number of thiophene rings is 1. The molecule has 3 nitrogen and oxygen atoms in total. The zero-order valence-corrected chi connectivity index (χ0v) is 13.1. The van der Waals surface area contributed by atoms with Gasteiger partial charge in [-0.3, -0.25) is 4.79 Å². The summed E-state index contributed by atoms with van der Waals surface area (Å²) >= 11 is 1.58. The SMILES string of the molecule is Cc1ccc(NC(=O)c2cc3c(s2)CC[C@H](C)C3)c(O)c1. The lowest BCUT2D eigenvalue weighted by Crippen LogP contribution is -2.10. The summed E-state index contributed by atoms with van der Waals surface area (Å²) in [6.07, 6.45) is 3.34. The van der Waals surface area contributed by atoms with Crippen LogP contribution in [-0.2, 0) is 12.8 Å². The van der Waals surface area contributed by atoms with Gasteiger partial charge in [0.25, 0.3) is 5.91 Å². The number of aryl methyl sites for hydroxylation is 2. The summed E-state index contributed by atoms with van der Waals surface area (Å²) in [5.41, 5.74) is 2.74. The van der Waals surface area contributed by atoms with E-state index in [2.05, 4.69) is 12.2 Å². The molecule has 2 N–H and O–H groups in total. The van der Waals surface area contributed by atoms with Crippen LogP contribution in [0.2, 0.25) is 0 Å². The van der Waals surface area contributed by atoms with Crippen molar-refractivity contribution >= 4 is 22.9 Å². The first-order chi connectivity index (χ1) is 10.0. The van der Waals surface area contributed by atoms with Crippen LogP contribution >= 0.6 is 11.3 Å². The number of anilines is 1. The molecule has 1 aromatic heterocycles. The van der Waals surface area contributed by atoms with Crippen molar-refractivity contribution in [2.24, 2.45) is 5.92 Å². The second kappa shape index (κ2) is 5.53. The van der Waals surface area contributed by atoms with Gasteiger partial charge < -0.3 is 10.4 Å². The highest BCUT2D eigenvalue weighted by Gasteiger charge is 2.21. The van der Waals surface area contributed by atoms with Crippen LogP contribution in [0.15, 0.2) is 24.3 Å². The molecule has 1 aromatic carbocycles. The minimum absolute atomic E-state index is 0.110. The number of phenols is 1. The molecule has 0 spiro atoms. The Morgan fingerprint density at radius 1 is 1.38 bits per heavy atom. The van der Waals surface area contributed by atoms with Crippen LogP contribution in [0.25, 0.3) is 0 Å². The zero-order chi connectivity index (χ0) is 15.0. The second-order valence-corrected chi connectivity index (χ2v) is 7.02. The molecule has 0 saturated carbocycles. The summed E-state index contributed by atoms with van der Waals surface area (Å²) in [6.45, 7) is 4.16. The molecule has 0 aliphatic heterocycles. The minimum Gasteiger partial charge on any atom is -0.506 e. The maximum Gasteiger partial charge on any atom is 0.265 e. The number of fused-ring (bicyclic) bond motifs is 1. The van der Waals surface area contributed by atoms with Gasteiger partial charge in [0.2, 0.25) is 0 Å². The monoisotopic (exact) mass is 301 g/mol. The Labute approximate surface area is 128 Å². The van der Waals surface area contributed by atoms with E-state index in [9.17, 15) is 9.90 Å². The van der Waals surface area contributed by atoms with Crippen molar-refractivity contribution in [2.75, 3.05) is 5.32 Å². The van der Waals surface area contributed by atoms with E-state index < -0.39 is 0 Å². The molecule has 3 rings (SSSR count). The van der Waals surface area contributed by atoms with E-state index in [1.165, 1.54) is 16.9 Å². The molecule has 1 aliphatic rings. The van der Waals surface area contributed by atoms with Gasteiger partial charge in [0.05, 0.1) is 10.6 Å². The average Bonchev–Trinajstić information content (AvgIpc) is 2.85. The molecule has 1 aliphatic carbocycles. The number of phenolic OH excluding ortho intramolecular Hbond substituents is 1. The molecule has 0 unspecified atom stereocenters. The lowest BCUT2D eigenvalue weighted by molar-refractivity contribution is 0.103. The number of hydrogen-bond donors (Lipinski definition) is 2. The molecule has 1 amide bonds. The number of nitrogens with one attached hydrogen (secondary N) is 1. The first kappa shape index (κ1) is 14.1. The van der Waals surface area contributed by atoms with Gasteiger partial charge in [0.1, 0.15) is 5.75 Å².